The van der Waals surface area contributed by atoms with Gasteiger partial charge in [-0.3, -0.25) is 48.4 Å². The summed E-state index contributed by atoms with van der Waals surface area (Å²) in [6, 6.07) is 26.4. The maximum atomic E-state index is 14.4. The lowest BCUT2D eigenvalue weighted by Crippen LogP contribution is -2.60. The maximum Gasteiger partial charge on any atom is 0.325 e. The molecule has 10 atom stereocenters. The van der Waals surface area contributed by atoms with Gasteiger partial charge in [-0.05, 0) is 165 Å². The number of hydrazine groups is 2. The van der Waals surface area contributed by atoms with Crippen LogP contribution in [0, 0.1) is 35.5 Å². The van der Waals surface area contributed by atoms with Crippen LogP contribution in [0.1, 0.15) is 174 Å². The van der Waals surface area contributed by atoms with E-state index in [1.807, 2.05) is 140 Å². The van der Waals surface area contributed by atoms with E-state index in [-0.39, 0.29) is 97.1 Å². The number of cyclic esters (lactones) is 2. The van der Waals surface area contributed by atoms with E-state index in [1.54, 1.807) is 18.2 Å². The zero-order valence-corrected chi connectivity index (χ0v) is 62.9. The van der Waals surface area contributed by atoms with Crippen molar-refractivity contribution in [3.8, 4) is 11.5 Å². The average Bonchev–Trinajstić information content (AvgIpc) is 0.829. The molecule has 4 heterocycles. The summed E-state index contributed by atoms with van der Waals surface area (Å²) in [6.45, 7) is 27.9. The Hall–Kier alpha value is -7.82. The van der Waals surface area contributed by atoms with E-state index < -0.39 is 79.9 Å². The molecule has 2 fully saturated rings. The standard InChI is InChI=1S/C43H63N3O7Si.C37H49N3O7/c1-10-51-39-22-12-11-16-31-17-13-19-33(24-31)28-52-42(50)36-21-15-23-46(45-36)41(49)37(44-40(48)35(29(2)3)27-38(47)30(39)4)26-32-18-14-20-34(25-32)53-54(8,9)43(5,6)7;1-5-46-34-17-7-6-11-26-12-8-14-28(19-26)23-47-37(45)31-16-10-18-40(39-31)36(44)32(21-27-13-9-15-29(41)20-27)38-35(43)30(24(2)3)22-33(42)25(34)4/h11,13-14,16-20,24-25,29-30,35-37,39,45H,10,12,15,21-23,26-28H2,1-9H3,(H,44,48);6,8-9,11-15,19-20,24-25,30-32,34,39,41H,5,7,10,16-18,21-23H2,1-4H3,(H,38,43)/b16-11+;11-6+/t30-,35-,36-,37-,39+;25-,30-,31-,32-,34+/m00/s1. The Bertz CT molecular complexity index is 3510. The minimum Gasteiger partial charge on any atom is -0.543 e. The predicted octanol–water partition coefficient (Wildman–Crippen LogP) is 12.2. The van der Waals surface area contributed by atoms with E-state index in [2.05, 4.69) is 67.5 Å². The number of hydrogen-bond donors (Lipinski definition) is 5. The number of hydrogen-bond acceptors (Lipinski definition) is 16. The third-order valence-corrected chi connectivity index (χ3v) is 24.5. The number of benzene rings is 4. The highest BCUT2D eigenvalue weighted by atomic mass is 28.4. The first-order valence-electron chi connectivity index (χ1n) is 36.5. The van der Waals surface area contributed by atoms with Gasteiger partial charge in [0.1, 0.15) is 60.4 Å². The van der Waals surface area contributed by atoms with Gasteiger partial charge in [0.05, 0.1) is 12.2 Å². The van der Waals surface area contributed by atoms with Crippen molar-refractivity contribution >= 4 is 67.6 Å². The normalized spacial score (nSPS) is 25.5. The van der Waals surface area contributed by atoms with Gasteiger partial charge in [-0.15, -0.1) is 0 Å². The van der Waals surface area contributed by atoms with Crippen molar-refractivity contribution in [1.29, 1.82) is 0 Å². The van der Waals surface area contributed by atoms with E-state index in [1.165, 1.54) is 16.1 Å². The number of allylic oxidation sites excluding steroid dienone is 2. The van der Waals surface area contributed by atoms with Crippen molar-refractivity contribution in [2.24, 2.45) is 35.5 Å². The smallest absolute Gasteiger partial charge is 0.325 e. The van der Waals surface area contributed by atoms with Crippen molar-refractivity contribution in [3.63, 3.8) is 0 Å². The second kappa shape index (κ2) is 38.4. The first kappa shape index (κ1) is 80.5. The number of amides is 4. The monoisotopic (exact) mass is 1410 g/mol. The molecule has 550 valence electrons. The number of esters is 2. The van der Waals surface area contributed by atoms with Gasteiger partial charge in [-0.1, -0.05) is 147 Å². The molecule has 0 aromatic heterocycles. The van der Waals surface area contributed by atoms with E-state index in [9.17, 15) is 43.5 Å². The third kappa shape index (κ3) is 24.1. The van der Waals surface area contributed by atoms with Crippen LogP contribution < -0.4 is 25.9 Å². The molecule has 8 rings (SSSR count). The number of phenolic OH excluding ortho intramolecular Hbond substituents is 1. The second-order valence-electron chi connectivity index (χ2n) is 29.6. The first-order valence-corrected chi connectivity index (χ1v) is 39.4. The van der Waals surface area contributed by atoms with Crippen LogP contribution in [0.25, 0.3) is 12.2 Å². The summed E-state index contributed by atoms with van der Waals surface area (Å²) in [5.74, 6) is -4.30. The largest absolute Gasteiger partial charge is 0.543 e. The van der Waals surface area contributed by atoms with Gasteiger partial charge < -0.3 is 39.1 Å². The van der Waals surface area contributed by atoms with Crippen LogP contribution in [-0.4, -0.2) is 133 Å². The molecule has 4 aromatic carbocycles. The van der Waals surface area contributed by atoms with Crippen LogP contribution in [0.4, 0.5) is 0 Å². The van der Waals surface area contributed by atoms with E-state index in [0.29, 0.717) is 83.2 Å². The Morgan fingerprint density at radius 3 is 1.42 bits per heavy atom. The fraction of sp³-hybridized carbons (Fsp3) is 0.550. The molecule has 101 heavy (non-hydrogen) atoms. The molecule has 4 amide bonds. The molecule has 4 aliphatic rings. The molecule has 5 N–H and O–H groups in total. The average molecular weight is 1410 g/mol. The number of carbonyl (C=O) groups is 8. The Morgan fingerprint density at radius 2 is 1.00 bits per heavy atom. The number of ether oxygens (including phenoxy) is 4. The van der Waals surface area contributed by atoms with Crippen LogP contribution in [0.5, 0.6) is 11.5 Å². The number of nitrogens with zero attached hydrogens (tertiary/aromatic N) is 2. The SMILES string of the molecule is CCO[C@@H]1CC/C=C/c2cccc(c2)COC(=O)[C@@H]2CCCN(N2)C(=O)[C@H](Cc2cccc(O)c2)NC(=O)[C@H](C(C)C)CC(=O)[C@@H]1C.CCO[C@@H]1CC/C=C/c2cccc(c2)COC(=O)[C@@H]2CCCN(N2)C(=O)[C@H](Cc2cccc(O[Si](C)(C)C(C)(C)C)c2)NC(=O)[C@H](C(C)C)CC(=O)[C@@H]1C. The number of aromatic hydroxyl groups is 1. The van der Waals surface area contributed by atoms with Crippen molar-refractivity contribution in [3.05, 3.63) is 143 Å². The van der Waals surface area contributed by atoms with Crippen LogP contribution in [0.15, 0.2) is 109 Å². The molecule has 0 spiro atoms. The first-order chi connectivity index (χ1) is 48.0. The van der Waals surface area contributed by atoms with Crippen LogP contribution in [0.3, 0.4) is 0 Å². The minimum atomic E-state index is -2.14. The Labute approximate surface area is 599 Å². The number of phenols is 1. The van der Waals surface area contributed by atoms with Crippen LogP contribution in [-0.2, 0) is 83.4 Å². The summed E-state index contributed by atoms with van der Waals surface area (Å²) in [5.41, 5.74) is 11.2. The quantitative estimate of drug-likeness (QED) is 0.0652. The van der Waals surface area contributed by atoms with Gasteiger partial charge in [-0.2, -0.15) is 0 Å². The minimum absolute atomic E-state index is 0.00679. The molecular formula is C80H112N6O14Si. The van der Waals surface area contributed by atoms with Gasteiger partial charge in [0, 0.05) is 75.7 Å². The fourth-order valence-corrected chi connectivity index (χ4v) is 13.8. The topological polar surface area (TPSA) is 258 Å². The second-order valence-corrected chi connectivity index (χ2v) is 34.3. The zero-order valence-electron chi connectivity index (χ0n) is 61.9. The lowest BCUT2D eigenvalue weighted by atomic mass is 9.84. The van der Waals surface area contributed by atoms with Crippen molar-refractivity contribution in [2.75, 3.05) is 26.3 Å². The van der Waals surface area contributed by atoms with Gasteiger partial charge in [-0.25, -0.2) is 10.9 Å². The summed E-state index contributed by atoms with van der Waals surface area (Å²) >= 11 is 0. The highest BCUT2D eigenvalue weighted by molar-refractivity contribution is 6.74. The highest BCUT2D eigenvalue weighted by Crippen LogP contribution is 2.38. The number of Topliss-reactive ketones (excluding diaryl/α,β-unsaturated/α-hetero) is 2. The molecule has 0 saturated carbocycles. The highest BCUT2D eigenvalue weighted by Gasteiger charge is 2.41. The van der Waals surface area contributed by atoms with Gasteiger partial charge in [0.15, 0.2) is 0 Å². The van der Waals surface area contributed by atoms with Gasteiger partial charge >= 0.3 is 11.9 Å². The lowest BCUT2D eigenvalue weighted by molar-refractivity contribution is -0.155. The fourth-order valence-electron chi connectivity index (χ4n) is 12.8. The van der Waals surface area contributed by atoms with Crippen molar-refractivity contribution in [2.45, 2.75) is 221 Å². The number of carbonyl (C=O) groups excluding carboxylic acids is 8. The zero-order chi connectivity index (χ0) is 73.6. The molecule has 0 unspecified atom stereocenters. The number of ketones is 2. The molecule has 4 aliphatic heterocycles. The maximum absolute atomic E-state index is 14.4. The Balaban J connectivity index is 0.000000286. The van der Waals surface area contributed by atoms with Crippen molar-refractivity contribution in [1.82, 2.24) is 31.5 Å². The summed E-state index contributed by atoms with van der Waals surface area (Å²) in [4.78, 5) is 110. The molecule has 2 saturated heterocycles. The number of fused-ring (bicyclic) bond motifs is 8. The molecule has 0 aliphatic carbocycles. The number of rotatable bonds is 12. The molecule has 0 radical (unpaired) electrons. The molecule has 20 nitrogen and oxygen atoms in total. The predicted molar refractivity (Wildman–Crippen MR) is 393 cm³/mol. The summed E-state index contributed by atoms with van der Waals surface area (Å²) < 4.78 is 30.1. The van der Waals surface area contributed by atoms with Gasteiger partial charge in [0.25, 0.3) is 11.8 Å². The molecule has 4 aromatic rings. The van der Waals surface area contributed by atoms with Crippen molar-refractivity contribution < 1.29 is 66.8 Å². The molecule has 8 bridgehead atoms. The van der Waals surface area contributed by atoms with E-state index in [0.717, 1.165) is 33.6 Å². The summed E-state index contributed by atoms with van der Waals surface area (Å²) in [6.07, 6.45) is 12.7. The Kier molecular flexibility index (Phi) is 30.6. The lowest BCUT2D eigenvalue weighted by Gasteiger charge is -2.36. The molecular weight excluding hydrogens is 1300 g/mol. The molecule has 21 heteroatoms. The number of nitrogens with one attached hydrogen (secondary N) is 4. The summed E-state index contributed by atoms with van der Waals surface area (Å²) in [7, 11) is -2.14. The van der Waals surface area contributed by atoms with Crippen LogP contribution >= 0.6 is 0 Å². The Morgan fingerprint density at radius 1 is 0.574 bits per heavy atom. The van der Waals surface area contributed by atoms with E-state index >= 15 is 0 Å². The van der Waals surface area contributed by atoms with Crippen LogP contribution in [0.2, 0.25) is 18.1 Å². The van der Waals surface area contributed by atoms with Gasteiger partial charge in [0.2, 0.25) is 20.1 Å². The van der Waals surface area contributed by atoms with E-state index in [4.69, 9.17) is 23.4 Å². The summed E-state index contributed by atoms with van der Waals surface area (Å²) in [5, 5.41) is 18.9. The third-order valence-electron chi connectivity index (χ3n) is 20.1.